The molecule has 6 atom stereocenters. The number of hydrogen-bond acceptors (Lipinski definition) is 3. The Hall–Kier alpha value is -2.88. The molecule has 4 nitrogen and oxygen atoms in total. The van der Waals surface area contributed by atoms with E-state index in [1.165, 1.54) is 11.3 Å². The molecule has 1 heterocycles. The monoisotopic (exact) mass is 371 g/mol. The molecular formula is C24H21NO3. The van der Waals surface area contributed by atoms with Crippen LogP contribution in [-0.4, -0.2) is 11.8 Å². The van der Waals surface area contributed by atoms with Crippen LogP contribution >= 0.6 is 0 Å². The van der Waals surface area contributed by atoms with Gasteiger partial charge in [0.2, 0.25) is 11.8 Å². The molecule has 7 rings (SSSR count). The minimum Gasteiger partial charge on any atom is -0.489 e. The number of carbonyl (C=O) groups excluding carboxylic acids is 2. The van der Waals surface area contributed by atoms with Gasteiger partial charge in [-0.15, -0.1) is 0 Å². The number of carbonyl (C=O) groups is 2. The van der Waals surface area contributed by atoms with Crippen LogP contribution in [0.5, 0.6) is 5.75 Å². The fourth-order valence-corrected chi connectivity index (χ4v) is 5.64. The Labute approximate surface area is 163 Å². The molecule has 140 valence electrons. The molecule has 4 aliphatic carbocycles. The summed E-state index contributed by atoms with van der Waals surface area (Å²) >= 11 is 0. The third-order valence-electron chi connectivity index (χ3n) is 7.01. The van der Waals surface area contributed by atoms with Crippen molar-refractivity contribution in [1.82, 2.24) is 0 Å². The van der Waals surface area contributed by atoms with Gasteiger partial charge >= 0.3 is 0 Å². The third-order valence-corrected chi connectivity index (χ3v) is 7.01. The van der Waals surface area contributed by atoms with Gasteiger partial charge in [-0.3, -0.25) is 14.5 Å². The lowest BCUT2D eigenvalue weighted by Crippen LogP contribution is -2.40. The van der Waals surface area contributed by atoms with Gasteiger partial charge in [-0.1, -0.05) is 42.5 Å². The number of amides is 2. The van der Waals surface area contributed by atoms with Gasteiger partial charge in [-0.25, -0.2) is 0 Å². The van der Waals surface area contributed by atoms with Crippen LogP contribution in [0.2, 0.25) is 0 Å². The van der Waals surface area contributed by atoms with Gasteiger partial charge in [0.1, 0.15) is 12.4 Å². The van der Waals surface area contributed by atoms with E-state index in [-0.39, 0.29) is 35.5 Å². The average Bonchev–Trinajstić information content (AvgIpc) is 3.52. The van der Waals surface area contributed by atoms with Crippen molar-refractivity contribution >= 4 is 17.5 Å². The summed E-state index contributed by atoms with van der Waals surface area (Å²) in [6.45, 7) is 0.490. The Morgan fingerprint density at radius 1 is 0.821 bits per heavy atom. The third kappa shape index (κ3) is 2.24. The summed E-state index contributed by atoms with van der Waals surface area (Å²) in [6.07, 6.45) is 5.59. The minimum atomic E-state index is -0.153. The zero-order valence-corrected chi connectivity index (χ0v) is 15.4. The molecule has 2 aromatic rings. The lowest BCUT2D eigenvalue weighted by molar-refractivity contribution is -0.124. The summed E-state index contributed by atoms with van der Waals surface area (Å²) < 4.78 is 5.82. The van der Waals surface area contributed by atoms with E-state index in [1.807, 2.05) is 54.6 Å². The fraction of sp³-hybridized carbons (Fsp3) is 0.333. The summed E-state index contributed by atoms with van der Waals surface area (Å²) in [6, 6.07) is 17.3. The SMILES string of the molecule is O=C1[C@@H]2[C@H]3C=C[C@@H]([C@@H]4C[C@H]34)[C@H]2C(=O)N1c1ccc(OCc2ccccc2)cc1. The van der Waals surface area contributed by atoms with E-state index < -0.39 is 0 Å². The first kappa shape index (κ1) is 16.1. The van der Waals surface area contributed by atoms with Crippen molar-refractivity contribution in [3.63, 3.8) is 0 Å². The van der Waals surface area contributed by atoms with E-state index in [9.17, 15) is 9.59 Å². The maximum atomic E-state index is 13.1. The highest BCUT2D eigenvalue weighted by Gasteiger charge is 2.67. The molecule has 0 unspecified atom stereocenters. The maximum Gasteiger partial charge on any atom is 0.238 e. The van der Waals surface area contributed by atoms with Crippen LogP contribution < -0.4 is 9.64 Å². The van der Waals surface area contributed by atoms with Gasteiger partial charge in [0.15, 0.2) is 0 Å². The molecule has 0 radical (unpaired) electrons. The first-order valence-corrected chi connectivity index (χ1v) is 10.1. The Balaban J connectivity index is 1.22. The molecule has 2 aromatic carbocycles. The van der Waals surface area contributed by atoms with Crippen molar-refractivity contribution in [1.29, 1.82) is 0 Å². The highest BCUT2D eigenvalue weighted by atomic mass is 16.5. The van der Waals surface area contributed by atoms with Gasteiger partial charge in [0.25, 0.3) is 0 Å². The molecule has 0 aromatic heterocycles. The maximum absolute atomic E-state index is 13.1. The molecule has 2 saturated carbocycles. The zero-order chi connectivity index (χ0) is 18.8. The number of hydrogen-bond donors (Lipinski definition) is 0. The second-order valence-electron chi connectivity index (χ2n) is 8.43. The number of nitrogens with zero attached hydrogens (tertiary/aromatic N) is 1. The van der Waals surface area contributed by atoms with E-state index >= 15 is 0 Å². The molecule has 0 N–H and O–H groups in total. The van der Waals surface area contributed by atoms with Gasteiger partial charge in [-0.2, -0.15) is 0 Å². The molecule has 0 spiro atoms. The summed E-state index contributed by atoms with van der Waals surface area (Å²) in [7, 11) is 0. The van der Waals surface area contributed by atoms with Crippen molar-refractivity contribution in [2.45, 2.75) is 13.0 Å². The number of imide groups is 1. The topological polar surface area (TPSA) is 46.6 Å². The van der Waals surface area contributed by atoms with Crippen LogP contribution in [0.4, 0.5) is 5.69 Å². The van der Waals surface area contributed by atoms with E-state index in [0.29, 0.717) is 24.1 Å². The summed E-state index contributed by atoms with van der Waals surface area (Å²) in [4.78, 5) is 27.7. The summed E-state index contributed by atoms with van der Waals surface area (Å²) in [5.74, 6) is 2.16. The van der Waals surface area contributed by atoms with Gasteiger partial charge in [0, 0.05) is 0 Å². The van der Waals surface area contributed by atoms with Crippen molar-refractivity contribution in [3.8, 4) is 5.75 Å². The van der Waals surface area contributed by atoms with E-state index in [1.54, 1.807) is 0 Å². The van der Waals surface area contributed by atoms with Crippen LogP contribution in [0.15, 0.2) is 66.7 Å². The Morgan fingerprint density at radius 2 is 1.43 bits per heavy atom. The first-order chi connectivity index (χ1) is 13.7. The second-order valence-corrected chi connectivity index (χ2v) is 8.43. The average molecular weight is 371 g/mol. The molecule has 5 aliphatic rings. The van der Waals surface area contributed by atoms with Crippen LogP contribution in [0.3, 0.4) is 0 Å². The molecule has 1 saturated heterocycles. The van der Waals surface area contributed by atoms with Gasteiger partial charge < -0.3 is 4.74 Å². The Kier molecular flexibility index (Phi) is 3.34. The van der Waals surface area contributed by atoms with E-state index in [0.717, 1.165) is 11.3 Å². The van der Waals surface area contributed by atoms with Crippen LogP contribution in [0, 0.1) is 35.5 Å². The Bertz CT molecular complexity index is 945. The highest BCUT2D eigenvalue weighted by Crippen LogP contribution is 2.65. The number of ether oxygens (including phenoxy) is 1. The molecule has 3 fully saturated rings. The van der Waals surface area contributed by atoms with Crippen molar-refractivity contribution in [2.75, 3.05) is 4.90 Å². The second kappa shape index (κ2) is 5.81. The lowest BCUT2D eigenvalue weighted by Gasteiger charge is -2.37. The van der Waals surface area contributed by atoms with Crippen molar-refractivity contribution in [2.24, 2.45) is 35.5 Å². The van der Waals surface area contributed by atoms with Crippen LogP contribution in [-0.2, 0) is 16.2 Å². The highest BCUT2D eigenvalue weighted by molar-refractivity contribution is 6.22. The molecule has 1 aliphatic heterocycles. The molecule has 28 heavy (non-hydrogen) atoms. The summed E-state index contributed by atoms with van der Waals surface area (Å²) in [5, 5.41) is 0. The molecule has 4 heteroatoms. The lowest BCUT2D eigenvalue weighted by atomic mass is 9.63. The molecule has 2 bridgehead atoms. The predicted octanol–water partition coefficient (Wildman–Crippen LogP) is 3.82. The molecule has 2 amide bonds. The van der Waals surface area contributed by atoms with Gasteiger partial charge in [-0.05, 0) is 59.9 Å². The normalized spacial score (nSPS) is 34.4. The minimum absolute atomic E-state index is 0.0161. The fourth-order valence-electron chi connectivity index (χ4n) is 5.64. The van der Waals surface area contributed by atoms with Crippen LogP contribution in [0.25, 0.3) is 0 Å². The van der Waals surface area contributed by atoms with Gasteiger partial charge in [0.05, 0.1) is 17.5 Å². The zero-order valence-electron chi connectivity index (χ0n) is 15.4. The quantitative estimate of drug-likeness (QED) is 0.606. The predicted molar refractivity (Wildman–Crippen MR) is 104 cm³/mol. The molecular weight excluding hydrogens is 350 g/mol. The van der Waals surface area contributed by atoms with Crippen molar-refractivity contribution in [3.05, 3.63) is 72.3 Å². The number of rotatable bonds is 4. The number of benzene rings is 2. The largest absolute Gasteiger partial charge is 0.489 e. The smallest absolute Gasteiger partial charge is 0.238 e. The Morgan fingerprint density at radius 3 is 2.04 bits per heavy atom. The van der Waals surface area contributed by atoms with Crippen molar-refractivity contribution < 1.29 is 14.3 Å². The number of allylic oxidation sites excluding steroid dienone is 2. The first-order valence-electron chi connectivity index (χ1n) is 10.1. The van der Waals surface area contributed by atoms with E-state index in [4.69, 9.17) is 4.74 Å². The number of anilines is 1. The summed E-state index contributed by atoms with van der Waals surface area (Å²) in [5.41, 5.74) is 1.76. The standard InChI is InChI=1S/C24H21NO3/c26-23-21-17-10-11-18(20-12-19(17)20)22(21)24(27)25(23)15-6-8-16(9-7-15)28-13-14-4-2-1-3-5-14/h1-11,17-22H,12-13H2/t17-,18-,19-,20+,21+,22+/m0/s1. The van der Waals surface area contributed by atoms with Crippen LogP contribution in [0.1, 0.15) is 12.0 Å². The van der Waals surface area contributed by atoms with E-state index in [2.05, 4.69) is 12.2 Å².